The maximum atomic E-state index is 12.0. The van der Waals surface area contributed by atoms with E-state index in [9.17, 15) is 4.79 Å². The Balaban J connectivity index is 2.84. The summed E-state index contributed by atoms with van der Waals surface area (Å²) in [7, 11) is 0. The molecule has 1 heterocycles. The van der Waals surface area contributed by atoms with Gasteiger partial charge in [-0.25, -0.2) is 10.8 Å². The van der Waals surface area contributed by atoms with E-state index in [-0.39, 0.29) is 11.9 Å². The van der Waals surface area contributed by atoms with Crippen molar-refractivity contribution in [1.29, 1.82) is 0 Å². The molecule has 6 heteroatoms. The van der Waals surface area contributed by atoms with Crippen molar-refractivity contribution < 1.29 is 4.79 Å². The first-order valence-corrected chi connectivity index (χ1v) is 7.27. The molecule has 1 rings (SSSR count). The first-order chi connectivity index (χ1) is 8.60. The normalized spacial score (nSPS) is 12.0. The smallest absolute Gasteiger partial charge is 0.251 e. The Morgan fingerprint density at radius 2 is 2.28 bits per heavy atom. The molecule has 0 bridgehead atoms. The summed E-state index contributed by atoms with van der Waals surface area (Å²) in [5.74, 6) is 6.65. The number of amides is 1. The fourth-order valence-electron chi connectivity index (χ4n) is 1.57. The van der Waals surface area contributed by atoms with Crippen molar-refractivity contribution in [1.82, 2.24) is 10.3 Å². The predicted octanol–water partition coefficient (Wildman–Crippen LogP) is 1.41. The van der Waals surface area contributed by atoms with E-state index in [4.69, 9.17) is 5.84 Å². The van der Waals surface area contributed by atoms with Crippen LogP contribution >= 0.6 is 11.8 Å². The number of carbonyl (C=O) groups excluding carboxylic acids is 1. The number of thioether (sulfide) groups is 1. The molecule has 4 N–H and O–H groups in total. The van der Waals surface area contributed by atoms with Gasteiger partial charge in [0.25, 0.3) is 5.91 Å². The van der Waals surface area contributed by atoms with Gasteiger partial charge in [0, 0.05) is 23.1 Å². The Kier molecular flexibility index (Phi) is 5.94. The van der Waals surface area contributed by atoms with Crippen molar-refractivity contribution in [3.63, 3.8) is 0 Å². The second kappa shape index (κ2) is 7.23. The van der Waals surface area contributed by atoms with E-state index in [1.807, 2.05) is 20.1 Å². The Hall–Kier alpha value is -1.27. The van der Waals surface area contributed by atoms with E-state index < -0.39 is 0 Å². The molecule has 0 radical (unpaired) electrons. The van der Waals surface area contributed by atoms with Crippen LogP contribution in [0, 0.1) is 0 Å². The van der Waals surface area contributed by atoms with Crippen molar-refractivity contribution >= 4 is 23.5 Å². The Bertz CT molecular complexity index is 389. The number of anilines is 1. The molecule has 0 aliphatic heterocycles. The minimum Gasteiger partial charge on any atom is -0.349 e. The molecule has 0 saturated heterocycles. The number of carbonyl (C=O) groups is 1. The molecule has 0 aromatic carbocycles. The average Bonchev–Trinajstić information content (AvgIpc) is 2.38. The van der Waals surface area contributed by atoms with Crippen molar-refractivity contribution in [3.8, 4) is 0 Å². The highest BCUT2D eigenvalue weighted by molar-refractivity contribution is 7.98. The zero-order chi connectivity index (χ0) is 13.5. The van der Waals surface area contributed by atoms with Gasteiger partial charge >= 0.3 is 0 Å². The van der Waals surface area contributed by atoms with Gasteiger partial charge in [-0.1, -0.05) is 6.92 Å². The molecular formula is C12H20N4OS. The molecule has 0 saturated carbocycles. The number of nitrogens with two attached hydrogens (primary N) is 1. The summed E-state index contributed by atoms with van der Waals surface area (Å²) in [6.45, 7) is 3.97. The van der Waals surface area contributed by atoms with Crippen LogP contribution in [0.3, 0.4) is 0 Å². The number of aryl methyl sites for hydroxylation is 1. The second-order valence-corrected chi connectivity index (χ2v) is 4.97. The summed E-state index contributed by atoms with van der Waals surface area (Å²) in [6.07, 6.45) is 2.77. The summed E-state index contributed by atoms with van der Waals surface area (Å²) in [6, 6.07) is 3.59. The number of pyridine rings is 1. The molecule has 18 heavy (non-hydrogen) atoms. The standard InChI is InChI=1S/C12H20N4OS/c1-4-10-5-9(6-11(15-10)16-13)12(17)14-8(2)7-18-3/h5-6,8H,4,7,13H2,1-3H3,(H,14,17)(H,15,16). The van der Waals surface area contributed by atoms with Crippen LogP contribution < -0.4 is 16.6 Å². The van der Waals surface area contributed by atoms with Crippen LogP contribution in [0.1, 0.15) is 29.9 Å². The highest BCUT2D eigenvalue weighted by Crippen LogP contribution is 2.11. The molecule has 1 atom stereocenters. The van der Waals surface area contributed by atoms with E-state index in [1.165, 1.54) is 0 Å². The number of rotatable bonds is 6. The molecule has 0 spiro atoms. The topological polar surface area (TPSA) is 80.0 Å². The quantitative estimate of drug-likeness (QED) is 0.537. The van der Waals surface area contributed by atoms with E-state index in [1.54, 1.807) is 23.9 Å². The summed E-state index contributed by atoms with van der Waals surface area (Å²) >= 11 is 1.70. The van der Waals surface area contributed by atoms with Gasteiger partial charge < -0.3 is 10.7 Å². The number of nitrogens with zero attached hydrogens (tertiary/aromatic N) is 1. The monoisotopic (exact) mass is 268 g/mol. The largest absolute Gasteiger partial charge is 0.349 e. The average molecular weight is 268 g/mol. The summed E-state index contributed by atoms with van der Waals surface area (Å²) < 4.78 is 0. The molecule has 0 aliphatic carbocycles. The van der Waals surface area contributed by atoms with Crippen LogP contribution in [0.5, 0.6) is 0 Å². The van der Waals surface area contributed by atoms with Crippen LogP contribution in [0.2, 0.25) is 0 Å². The maximum Gasteiger partial charge on any atom is 0.251 e. The number of hydrogen-bond donors (Lipinski definition) is 3. The van der Waals surface area contributed by atoms with Crippen LogP contribution in [0.15, 0.2) is 12.1 Å². The molecule has 0 fully saturated rings. The van der Waals surface area contributed by atoms with Crippen molar-refractivity contribution in [2.24, 2.45) is 5.84 Å². The number of aromatic nitrogens is 1. The molecular weight excluding hydrogens is 248 g/mol. The number of nitrogens with one attached hydrogen (secondary N) is 2. The Morgan fingerprint density at radius 3 is 2.83 bits per heavy atom. The molecule has 100 valence electrons. The number of hydrazine groups is 1. The molecule has 0 aliphatic rings. The lowest BCUT2D eigenvalue weighted by molar-refractivity contribution is 0.0943. The van der Waals surface area contributed by atoms with Gasteiger partial charge in [0.2, 0.25) is 0 Å². The van der Waals surface area contributed by atoms with Crippen LogP contribution in [-0.4, -0.2) is 28.9 Å². The van der Waals surface area contributed by atoms with Gasteiger partial charge in [0.15, 0.2) is 0 Å². The maximum absolute atomic E-state index is 12.0. The third kappa shape index (κ3) is 4.19. The lowest BCUT2D eigenvalue weighted by Gasteiger charge is -2.13. The van der Waals surface area contributed by atoms with Gasteiger partial charge in [-0.2, -0.15) is 11.8 Å². The van der Waals surface area contributed by atoms with E-state index in [0.717, 1.165) is 17.9 Å². The first kappa shape index (κ1) is 14.8. The number of hydrogen-bond acceptors (Lipinski definition) is 5. The molecule has 1 unspecified atom stereocenters. The number of nitrogen functional groups attached to an aromatic ring is 1. The molecule has 1 amide bonds. The van der Waals surface area contributed by atoms with Crippen LogP contribution in [0.25, 0.3) is 0 Å². The summed E-state index contributed by atoms with van der Waals surface area (Å²) in [4.78, 5) is 16.3. The SMILES string of the molecule is CCc1cc(C(=O)NC(C)CSC)cc(NN)n1. The lowest BCUT2D eigenvalue weighted by atomic mass is 10.1. The van der Waals surface area contributed by atoms with E-state index >= 15 is 0 Å². The molecule has 1 aromatic heterocycles. The van der Waals surface area contributed by atoms with Gasteiger partial charge in [0.1, 0.15) is 5.82 Å². The Morgan fingerprint density at radius 1 is 1.56 bits per heavy atom. The van der Waals surface area contributed by atoms with Crippen molar-refractivity contribution in [3.05, 3.63) is 23.4 Å². The third-order valence-electron chi connectivity index (χ3n) is 2.44. The summed E-state index contributed by atoms with van der Waals surface area (Å²) in [5, 5.41) is 2.94. The summed E-state index contributed by atoms with van der Waals surface area (Å²) in [5.41, 5.74) is 3.91. The van der Waals surface area contributed by atoms with E-state index in [2.05, 4.69) is 15.7 Å². The van der Waals surface area contributed by atoms with Crippen molar-refractivity contribution in [2.75, 3.05) is 17.4 Å². The predicted molar refractivity (Wildman–Crippen MR) is 76.7 cm³/mol. The lowest BCUT2D eigenvalue weighted by Crippen LogP contribution is -2.34. The van der Waals surface area contributed by atoms with Crippen LogP contribution in [-0.2, 0) is 6.42 Å². The highest BCUT2D eigenvalue weighted by atomic mass is 32.2. The second-order valence-electron chi connectivity index (χ2n) is 4.06. The van der Waals surface area contributed by atoms with Crippen molar-refractivity contribution in [2.45, 2.75) is 26.3 Å². The first-order valence-electron chi connectivity index (χ1n) is 5.88. The fraction of sp³-hybridized carbons (Fsp3) is 0.500. The highest BCUT2D eigenvalue weighted by Gasteiger charge is 2.11. The fourth-order valence-corrected chi connectivity index (χ4v) is 2.16. The zero-order valence-corrected chi connectivity index (χ0v) is 11.8. The van der Waals surface area contributed by atoms with Gasteiger partial charge in [0.05, 0.1) is 0 Å². The minimum absolute atomic E-state index is 0.0925. The molecule has 1 aromatic rings. The minimum atomic E-state index is -0.0925. The third-order valence-corrected chi connectivity index (χ3v) is 3.28. The van der Waals surface area contributed by atoms with Gasteiger partial charge in [-0.3, -0.25) is 4.79 Å². The zero-order valence-electron chi connectivity index (χ0n) is 11.0. The van der Waals surface area contributed by atoms with Gasteiger partial charge in [-0.15, -0.1) is 0 Å². The Labute approximate surface area is 112 Å². The van der Waals surface area contributed by atoms with Gasteiger partial charge in [-0.05, 0) is 31.7 Å². The van der Waals surface area contributed by atoms with Crippen LogP contribution in [0.4, 0.5) is 5.82 Å². The molecule has 5 nitrogen and oxygen atoms in total. The van der Waals surface area contributed by atoms with E-state index in [0.29, 0.717) is 11.4 Å².